The number of amides is 1. The number of imidazole rings is 1. The highest BCUT2D eigenvalue weighted by atomic mass is 35.5. The van der Waals surface area contributed by atoms with Crippen molar-refractivity contribution in [1.82, 2.24) is 14.9 Å². The number of fused-ring (bicyclic) bond motifs is 1. The van der Waals surface area contributed by atoms with Crippen molar-refractivity contribution in [3.05, 3.63) is 93.7 Å². The van der Waals surface area contributed by atoms with E-state index in [0.717, 1.165) is 22.4 Å². The van der Waals surface area contributed by atoms with E-state index in [1.54, 1.807) is 25.3 Å². The molecule has 0 saturated carbocycles. The number of carbonyl (C=O) groups is 1. The van der Waals surface area contributed by atoms with Crippen molar-refractivity contribution in [1.29, 1.82) is 0 Å². The molecule has 0 aliphatic carbocycles. The Kier molecular flexibility index (Phi) is 6.44. The van der Waals surface area contributed by atoms with Gasteiger partial charge < -0.3 is 14.6 Å². The van der Waals surface area contributed by atoms with Gasteiger partial charge >= 0.3 is 0 Å². The van der Waals surface area contributed by atoms with Gasteiger partial charge in [-0.15, -0.1) is 0 Å². The zero-order valence-corrected chi connectivity index (χ0v) is 18.5. The molecule has 1 N–H and O–H groups in total. The molecule has 0 unspecified atom stereocenters. The van der Waals surface area contributed by atoms with Crippen molar-refractivity contribution in [2.24, 2.45) is 0 Å². The summed E-state index contributed by atoms with van der Waals surface area (Å²) < 4.78 is 7.42. The van der Waals surface area contributed by atoms with Crippen molar-refractivity contribution in [2.45, 2.75) is 13.0 Å². The fraction of sp³-hybridized carbons (Fsp3) is 0.167. The molecule has 7 heteroatoms. The Morgan fingerprint density at radius 1 is 1.03 bits per heavy atom. The summed E-state index contributed by atoms with van der Waals surface area (Å²) in [5, 5.41) is 4.01. The molecule has 3 aromatic carbocycles. The van der Waals surface area contributed by atoms with Gasteiger partial charge in [0.25, 0.3) is 5.91 Å². The molecule has 4 rings (SSSR count). The van der Waals surface area contributed by atoms with Crippen LogP contribution in [0.2, 0.25) is 10.0 Å². The fourth-order valence-corrected chi connectivity index (χ4v) is 3.85. The molecule has 5 nitrogen and oxygen atoms in total. The Morgan fingerprint density at radius 2 is 1.81 bits per heavy atom. The molecular formula is C24H21Cl2N3O2. The third-order valence-corrected chi connectivity index (χ3v) is 5.78. The van der Waals surface area contributed by atoms with Crippen molar-refractivity contribution in [3.8, 4) is 5.75 Å². The maximum absolute atomic E-state index is 12.6. The number of para-hydroxylation sites is 3. The standard InChI is InChI=1S/C24H21Cl2N3O2/c1-31-22-9-5-2-6-17(22)24(30)27-13-12-23-28-20-7-3-4-8-21(20)29(23)15-16-10-11-18(25)19(26)14-16/h2-11,14H,12-13,15H2,1H3,(H,27,30). The molecule has 0 radical (unpaired) electrons. The molecule has 31 heavy (non-hydrogen) atoms. The van der Waals surface area contributed by atoms with Crippen molar-refractivity contribution in [2.75, 3.05) is 13.7 Å². The van der Waals surface area contributed by atoms with E-state index < -0.39 is 0 Å². The topological polar surface area (TPSA) is 56.1 Å². The Bertz CT molecular complexity index is 1240. The lowest BCUT2D eigenvalue weighted by molar-refractivity contribution is 0.0951. The van der Waals surface area contributed by atoms with Crippen molar-refractivity contribution < 1.29 is 9.53 Å². The summed E-state index contributed by atoms with van der Waals surface area (Å²) in [6.45, 7) is 1.05. The van der Waals surface area contributed by atoms with Crippen LogP contribution in [0.1, 0.15) is 21.7 Å². The van der Waals surface area contributed by atoms with E-state index in [2.05, 4.69) is 9.88 Å². The number of benzene rings is 3. The average Bonchev–Trinajstić information content (AvgIpc) is 3.13. The van der Waals surface area contributed by atoms with Crippen molar-refractivity contribution in [3.63, 3.8) is 0 Å². The molecule has 0 bridgehead atoms. The molecule has 0 aliphatic heterocycles. The number of halogens is 2. The van der Waals surface area contributed by atoms with E-state index in [0.29, 0.717) is 40.9 Å². The molecule has 0 spiro atoms. The normalized spacial score (nSPS) is 10.9. The van der Waals surface area contributed by atoms with Gasteiger partial charge in [0.2, 0.25) is 0 Å². The van der Waals surface area contributed by atoms with E-state index in [9.17, 15) is 4.79 Å². The summed E-state index contributed by atoms with van der Waals surface area (Å²) >= 11 is 12.3. The van der Waals surface area contributed by atoms with Crippen LogP contribution in [0.3, 0.4) is 0 Å². The Morgan fingerprint density at radius 3 is 2.61 bits per heavy atom. The Balaban J connectivity index is 1.54. The van der Waals surface area contributed by atoms with Crippen LogP contribution in [-0.2, 0) is 13.0 Å². The molecule has 1 heterocycles. The first-order valence-corrected chi connectivity index (χ1v) is 10.6. The number of hydrogen-bond acceptors (Lipinski definition) is 3. The van der Waals surface area contributed by atoms with E-state index in [1.807, 2.05) is 48.5 Å². The van der Waals surface area contributed by atoms with Gasteiger partial charge in [-0.2, -0.15) is 0 Å². The number of aromatic nitrogens is 2. The van der Waals surface area contributed by atoms with Crippen LogP contribution in [0.4, 0.5) is 0 Å². The number of methoxy groups -OCH3 is 1. The number of ether oxygens (including phenoxy) is 1. The highest BCUT2D eigenvalue weighted by Gasteiger charge is 2.14. The summed E-state index contributed by atoms with van der Waals surface area (Å²) in [5.74, 6) is 1.25. The maximum atomic E-state index is 12.6. The number of carbonyl (C=O) groups excluding carboxylic acids is 1. The minimum Gasteiger partial charge on any atom is -0.496 e. The van der Waals surface area contributed by atoms with Crippen LogP contribution in [0.15, 0.2) is 66.7 Å². The first-order valence-electron chi connectivity index (χ1n) is 9.86. The Labute approximate surface area is 190 Å². The molecule has 158 valence electrons. The largest absolute Gasteiger partial charge is 0.496 e. The third kappa shape index (κ3) is 4.68. The second kappa shape index (κ2) is 9.41. The molecule has 0 atom stereocenters. The van der Waals surface area contributed by atoms with Crippen LogP contribution >= 0.6 is 23.2 Å². The average molecular weight is 454 g/mol. The summed E-state index contributed by atoms with van der Waals surface area (Å²) in [6, 6.07) is 20.8. The van der Waals surface area contributed by atoms with Crippen LogP contribution < -0.4 is 10.1 Å². The summed E-state index contributed by atoms with van der Waals surface area (Å²) in [4.78, 5) is 17.4. The van der Waals surface area contributed by atoms with E-state index in [1.165, 1.54) is 0 Å². The minimum absolute atomic E-state index is 0.176. The van der Waals surface area contributed by atoms with Crippen LogP contribution in [-0.4, -0.2) is 29.1 Å². The van der Waals surface area contributed by atoms with Crippen LogP contribution in [0.5, 0.6) is 5.75 Å². The lowest BCUT2D eigenvalue weighted by Gasteiger charge is -2.12. The van der Waals surface area contributed by atoms with E-state index >= 15 is 0 Å². The molecular weight excluding hydrogens is 433 g/mol. The number of hydrogen-bond donors (Lipinski definition) is 1. The quantitative estimate of drug-likeness (QED) is 0.408. The number of nitrogens with zero attached hydrogens (tertiary/aromatic N) is 2. The summed E-state index contributed by atoms with van der Waals surface area (Å²) in [6.07, 6.45) is 0.580. The zero-order valence-electron chi connectivity index (χ0n) is 16.9. The third-order valence-electron chi connectivity index (χ3n) is 5.04. The second-order valence-electron chi connectivity index (χ2n) is 7.06. The van der Waals surface area contributed by atoms with Crippen LogP contribution in [0, 0.1) is 0 Å². The van der Waals surface area contributed by atoms with E-state index in [-0.39, 0.29) is 5.91 Å². The van der Waals surface area contributed by atoms with Crippen LogP contribution in [0.25, 0.3) is 11.0 Å². The van der Waals surface area contributed by atoms with Gasteiger partial charge in [0.1, 0.15) is 11.6 Å². The predicted molar refractivity (Wildman–Crippen MR) is 124 cm³/mol. The molecule has 1 aromatic heterocycles. The smallest absolute Gasteiger partial charge is 0.255 e. The molecule has 0 aliphatic rings. The summed E-state index contributed by atoms with van der Waals surface area (Å²) in [5.41, 5.74) is 3.47. The first-order chi connectivity index (χ1) is 15.1. The number of rotatable bonds is 7. The highest BCUT2D eigenvalue weighted by Crippen LogP contribution is 2.25. The van der Waals surface area contributed by atoms with Gasteiger partial charge in [0, 0.05) is 19.5 Å². The molecule has 4 aromatic rings. The van der Waals surface area contributed by atoms with Gasteiger partial charge in [0.15, 0.2) is 0 Å². The maximum Gasteiger partial charge on any atom is 0.255 e. The molecule has 0 fully saturated rings. The van der Waals surface area contributed by atoms with Crippen molar-refractivity contribution >= 4 is 40.1 Å². The Hall–Kier alpha value is -3.02. The lowest BCUT2D eigenvalue weighted by atomic mass is 10.2. The minimum atomic E-state index is -0.176. The number of nitrogens with one attached hydrogen (secondary N) is 1. The van der Waals surface area contributed by atoms with Gasteiger partial charge in [-0.3, -0.25) is 4.79 Å². The highest BCUT2D eigenvalue weighted by molar-refractivity contribution is 6.42. The fourth-order valence-electron chi connectivity index (χ4n) is 3.53. The molecule has 1 amide bonds. The first kappa shape index (κ1) is 21.2. The zero-order chi connectivity index (χ0) is 21.8. The SMILES string of the molecule is COc1ccccc1C(=O)NCCc1nc2ccccc2n1Cc1ccc(Cl)c(Cl)c1. The molecule has 0 saturated heterocycles. The second-order valence-corrected chi connectivity index (χ2v) is 7.87. The lowest BCUT2D eigenvalue weighted by Crippen LogP contribution is -2.27. The monoisotopic (exact) mass is 453 g/mol. The van der Waals surface area contributed by atoms with E-state index in [4.69, 9.17) is 32.9 Å². The van der Waals surface area contributed by atoms with Gasteiger partial charge in [0.05, 0.1) is 33.8 Å². The van der Waals surface area contributed by atoms with Gasteiger partial charge in [-0.25, -0.2) is 4.98 Å². The van der Waals surface area contributed by atoms with Gasteiger partial charge in [-0.05, 0) is 42.0 Å². The van der Waals surface area contributed by atoms with Gasteiger partial charge in [-0.1, -0.05) is 53.5 Å². The summed E-state index contributed by atoms with van der Waals surface area (Å²) in [7, 11) is 1.55. The predicted octanol–water partition coefficient (Wildman–Crippen LogP) is 5.37.